The van der Waals surface area contributed by atoms with E-state index in [1.165, 1.54) is 32.1 Å². The van der Waals surface area contributed by atoms with Crippen molar-refractivity contribution in [1.29, 1.82) is 0 Å². The largest absolute Gasteiger partial charge is 0.381 e. The van der Waals surface area contributed by atoms with Gasteiger partial charge in [-0.05, 0) is 39.2 Å². The van der Waals surface area contributed by atoms with Gasteiger partial charge in [0.25, 0.3) is 0 Å². The highest BCUT2D eigenvalue weighted by Gasteiger charge is 2.16. The first-order valence-corrected chi connectivity index (χ1v) is 4.57. The Labute approximate surface area is 69.3 Å². The Morgan fingerprint density at radius 3 is 2.64 bits per heavy atom. The van der Waals surface area contributed by atoms with Crippen molar-refractivity contribution in [3.63, 3.8) is 0 Å². The Bertz CT molecular complexity index is 93.7. The average molecular weight is 157 g/mol. The molecule has 0 amide bonds. The first-order chi connectivity index (χ1) is 5.36. The molecule has 66 valence electrons. The number of nitrogens with one attached hydrogen (secondary N) is 1. The van der Waals surface area contributed by atoms with E-state index in [9.17, 15) is 0 Å². The lowest BCUT2D eigenvalue weighted by Crippen LogP contribution is -2.24. The number of rotatable bonds is 2. The van der Waals surface area contributed by atoms with E-state index in [0.717, 1.165) is 6.04 Å². The van der Waals surface area contributed by atoms with Crippen molar-refractivity contribution in [2.45, 2.75) is 44.2 Å². The molecule has 0 saturated heterocycles. The van der Waals surface area contributed by atoms with Crippen LogP contribution in [0.2, 0.25) is 0 Å². The van der Waals surface area contributed by atoms with Gasteiger partial charge in [-0.1, -0.05) is 0 Å². The molecule has 0 heterocycles. The Morgan fingerprint density at radius 2 is 2.00 bits per heavy atom. The van der Waals surface area contributed by atoms with Gasteiger partial charge in [0.1, 0.15) is 0 Å². The van der Waals surface area contributed by atoms with Gasteiger partial charge in [0.05, 0.1) is 6.10 Å². The predicted octanol–water partition coefficient (Wildman–Crippen LogP) is 1.55. The molecule has 0 spiro atoms. The van der Waals surface area contributed by atoms with Crippen LogP contribution in [-0.4, -0.2) is 26.3 Å². The highest BCUT2D eigenvalue weighted by molar-refractivity contribution is 4.73. The molecule has 0 aromatic rings. The van der Waals surface area contributed by atoms with Crippen LogP contribution in [0.15, 0.2) is 0 Å². The molecule has 1 aliphatic rings. The fourth-order valence-corrected chi connectivity index (χ4v) is 1.79. The van der Waals surface area contributed by atoms with Gasteiger partial charge in [-0.15, -0.1) is 0 Å². The first kappa shape index (κ1) is 9.01. The minimum atomic E-state index is 0.522. The van der Waals surface area contributed by atoms with Crippen molar-refractivity contribution >= 4 is 0 Å². The summed E-state index contributed by atoms with van der Waals surface area (Å²) < 4.78 is 5.34. The van der Waals surface area contributed by atoms with Crippen LogP contribution in [0.5, 0.6) is 0 Å². The molecule has 0 radical (unpaired) electrons. The first-order valence-electron chi connectivity index (χ1n) is 4.57. The maximum Gasteiger partial charge on any atom is 0.0572 e. The third kappa shape index (κ3) is 2.80. The van der Waals surface area contributed by atoms with Crippen LogP contribution in [0, 0.1) is 0 Å². The molecule has 0 aromatic heterocycles. The molecule has 0 aliphatic heterocycles. The summed E-state index contributed by atoms with van der Waals surface area (Å²) in [6.07, 6.45) is 6.89. The maximum absolute atomic E-state index is 5.34. The monoisotopic (exact) mass is 157 g/mol. The summed E-state index contributed by atoms with van der Waals surface area (Å²) in [7, 11) is 3.88. The molecule has 2 nitrogen and oxygen atoms in total. The van der Waals surface area contributed by atoms with Gasteiger partial charge < -0.3 is 10.1 Å². The lowest BCUT2D eigenvalue weighted by atomic mass is 10.1. The van der Waals surface area contributed by atoms with Crippen LogP contribution in [0.3, 0.4) is 0 Å². The molecule has 1 N–H and O–H groups in total. The summed E-state index contributed by atoms with van der Waals surface area (Å²) in [4.78, 5) is 0. The van der Waals surface area contributed by atoms with Crippen molar-refractivity contribution in [3.8, 4) is 0 Å². The van der Waals surface area contributed by atoms with Gasteiger partial charge in [-0.25, -0.2) is 0 Å². The van der Waals surface area contributed by atoms with Crippen molar-refractivity contribution < 1.29 is 4.74 Å². The molecular formula is C9H19NO. The molecule has 2 atom stereocenters. The van der Waals surface area contributed by atoms with E-state index in [0.29, 0.717) is 6.10 Å². The zero-order valence-corrected chi connectivity index (χ0v) is 7.60. The number of hydrogen-bond acceptors (Lipinski definition) is 2. The smallest absolute Gasteiger partial charge is 0.0572 e. The van der Waals surface area contributed by atoms with Crippen LogP contribution in [-0.2, 0) is 4.74 Å². The van der Waals surface area contributed by atoms with Gasteiger partial charge in [-0.2, -0.15) is 0 Å². The average Bonchev–Trinajstić information content (AvgIpc) is 2.28. The molecule has 1 aliphatic carbocycles. The summed E-state index contributed by atoms with van der Waals surface area (Å²) in [5, 5.41) is 3.33. The zero-order chi connectivity index (χ0) is 8.10. The van der Waals surface area contributed by atoms with Gasteiger partial charge in [0.2, 0.25) is 0 Å². The quantitative estimate of drug-likeness (QED) is 0.614. The van der Waals surface area contributed by atoms with Crippen molar-refractivity contribution in [2.24, 2.45) is 0 Å². The minimum Gasteiger partial charge on any atom is -0.381 e. The van der Waals surface area contributed by atoms with E-state index in [1.807, 2.05) is 7.11 Å². The number of methoxy groups -OCH3 is 1. The second kappa shape index (κ2) is 4.73. The van der Waals surface area contributed by atoms with Crippen molar-refractivity contribution in [2.75, 3.05) is 14.2 Å². The normalized spacial score (nSPS) is 33.3. The summed E-state index contributed by atoms with van der Waals surface area (Å²) >= 11 is 0. The molecule has 2 heteroatoms. The van der Waals surface area contributed by atoms with Crippen LogP contribution in [0.25, 0.3) is 0 Å². The summed E-state index contributed by atoms with van der Waals surface area (Å²) in [5.74, 6) is 0. The molecular weight excluding hydrogens is 138 g/mol. The van der Waals surface area contributed by atoms with E-state index in [4.69, 9.17) is 4.74 Å². The maximum atomic E-state index is 5.34. The Hall–Kier alpha value is -0.0800. The van der Waals surface area contributed by atoms with Crippen LogP contribution < -0.4 is 5.32 Å². The third-order valence-corrected chi connectivity index (χ3v) is 2.66. The summed E-state index contributed by atoms with van der Waals surface area (Å²) in [5.41, 5.74) is 0. The molecule has 0 aromatic carbocycles. The molecule has 1 fully saturated rings. The second-order valence-electron chi connectivity index (χ2n) is 3.35. The standard InChI is InChI=1S/C9H19NO/c1-10-8-4-3-5-9(11-2)7-6-8/h8-10H,3-7H2,1-2H3. The Balaban J connectivity index is 2.27. The third-order valence-electron chi connectivity index (χ3n) is 2.66. The topological polar surface area (TPSA) is 21.3 Å². The lowest BCUT2D eigenvalue weighted by molar-refractivity contribution is 0.0895. The van der Waals surface area contributed by atoms with E-state index in [1.54, 1.807) is 0 Å². The van der Waals surface area contributed by atoms with Gasteiger partial charge >= 0.3 is 0 Å². The fourth-order valence-electron chi connectivity index (χ4n) is 1.79. The van der Waals surface area contributed by atoms with E-state index in [2.05, 4.69) is 12.4 Å². The minimum absolute atomic E-state index is 0.522. The molecule has 1 rings (SSSR count). The van der Waals surface area contributed by atoms with Crippen LogP contribution in [0.1, 0.15) is 32.1 Å². The lowest BCUT2D eigenvalue weighted by Gasteiger charge is -2.12. The Morgan fingerprint density at radius 1 is 1.18 bits per heavy atom. The van der Waals surface area contributed by atoms with Crippen molar-refractivity contribution in [1.82, 2.24) is 5.32 Å². The zero-order valence-electron chi connectivity index (χ0n) is 7.60. The van der Waals surface area contributed by atoms with Crippen LogP contribution >= 0.6 is 0 Å². The van der Waals surface area contributed by atoms with Gasteiger partial charge in [0.15, 0.2) is 0 Å². The van der Waals surface area contributed by atoms with E-state index in [-0.39, 0.29) is 0 Å². The molecule has 11 heavy (non-hydrogen) atoms. The Kier molecular flexibility index (Phi) is 3.87. The van der Waals surface area contributed by atoms with Crippen molar-refractivity contribution in [3.05, 3.63) is 0 Å². The highest BCUT2D eigenvalue weighted by atomic mass is 16.5. The van der Waals surface area contributed by atoms with Gasteiger partial charge in [0, 0.05) is 13.2 Å². The van der Waals surface area contributed by atoms with E-state index >= 15 is 0 Å². The molecule has 2 unspecified atom stereocenters. The summed E-state index contributed by atoms with van der Waals surface area (Å²) in [6.45, 7) is 0. The summed E-state index contributed by atoms with van der Waals surface area (Å²) in [6, 6.07) is 0.732. The number of hydrogen-bond donors (Lipinski definition) is 1. The second-order valence-corrected chi connectivity index (χ2v) is 3.35. The fraction of sp³-hybridized carbons (Fsp3) is 1.00. The molecule has 0 bridgehead atoms. The molecule has 1 saturated carbocycles. The SMILES string of the molecule is CNC1CCCC(OC)CC1. The number of ether oxygens (including phenoxy) is 1. The van der Waals surface area contributed by atoms with E-state index < -0.39 is 0 Å². The highest BCUT2D eigenvalue weighted by Crippen LogP contribution is 2.19. The van der Waals surface area contributed by atoms with Gasteiger partial charge in [-0.3, -0.25) is 0 Å². The predicted molar refractivity (Wildman–Crippen MR) is 46.7 cm³/mol. The van der Waals surface area contributed by atoms with Crippen LogP contribution in [0.4, 0.5) is 0 Å².